The third-order valence-electron chi connectivity index (χ3n) is 1.45. The van der Waals surface area contributed by atoms with Gasteiger partial charge >= 0.3 is 0 Å². The molecular weight excluding hydrogens is 239 g/mol. The van der Waals surface area contributed by atoms with Crippen LogP contribution in [0.15, 0.2) is 30.7 Å². The fourth-order valence-corrected chi connectivity index (χ4v) is 1.51. The lowest BCUT2D eigenvalue weighted by atomic mass is 10.3. The number of fused-ring (bicyclic) bond motifs is 1. The fraction of sp³-hybridized carbons (Fsp3) is 0. The first-order chi connectivity index (χ1) is 4.88. The Hall–Kier alpha value is -0.580. The molecule has 0 unspecified atom stereocenters. The van der Waals surface area contributed by atoms with Crippen molar-refractivity contribution in [2.75, 3.05) is 0 Å². The molecular formula is C7H5IN2. The lowest BCUT2D eigenvalue weighted by Crippen LogP contribution is -1.75. The molecule has 2 aromatic rings. The van der Waals surface area contributed by atoms with Crippen molar-refractivity contribution < 1.29 is 0 Å². The van der Waals surface area contributed by atoms with Gasteiger partial charge in [0.2, 0.25) is 0 Å². The largest absolute Gasteiger partial charge is 0.288 e. The minimum atomic E-state index is 1.17. The van der Waals surface area contributed by atoms with Gasteiger partial charge in [0, 0.05) is 17.8 Å². The van der Waals surface area contributed by atoms with E-state index < -0.39 is 0 Å². The second-order valence-corrected chi connectivity index (χ2v) is 3.10. The molecule has 0 amide bonds. The number of hydrogen-bond donors (Lipinski definition) is 0. The summed E-state index contributed by atoms with van der Waals surface area (Å²) in [7, 11) is 0. The van der Waals surface area contributed by atoms with E-state index in [4.69, 9.17) is 0 Å². The van der Waals surface area contributed by atoms with Crippen molar-refractivity contribution in [3.05, 3.63) is 30.7 Å². The maximum absolute atomic E-state index is 4.02. The molecule has 2 heterocycles. The van der Waals surface area contributed by atoms with Crippen LogP contribution in [-0.4, -0.2) is 7.76 Å². The van der Waals surface area contributed by atoms with Crippen LogP contribution in [0.4, 0.5) is 0 Å². The Balaban J connectivity index is 2.93. The summed E-state index contributed by atoms with van der Waals surface area (Å²) >= 11 is 2.23. The monoisotopic (exact) mass is 244 g/mol. The van der Waals surface area contributed by atoms with E-state index in [2.05, 4.69) is 33.9 Å². The molecule has 0 radical (unpaired) electrons. The Labute approximate surface area is 72.4 Å². The molecule has 2 rings (SSSR count). The highest BCUT2D eigenvalue weighted by Gasteiger charge is 1.94. The normalized spacial score (nSPS) is 10.5. The lowest BCUT2D eigenvalue weighted by Gasteiger charge is -1.89. The van der Waals surface area contributed by atoms with E-state index in [0.29, 0.717) is 0 Å². The van der Waals surface area contributed by atoms with E-state index in [0.717, 1.165) is 0 Å². The number of aromatic nitrogens is 2. The second-order valence-electron chi connectivity index (χ2n) is 2.06. The zero-order valence-electron chi connectivity index (χ0n) is 5.16. The van der Waals surface area contributed by atoms with Crippen LogP contribution in [0.1, 0.15) is 0 Å². The zero-order chi connectivity index (χ0) is 6.97. The average Bonchev–Trinajstić information content (AvgIpc) is 2.34. The second kappa shape index (κ2) is 2.23. The van der Waals surface area contributed by atoms with E-state index in [1.54, 1.807) is 6.20 Å². The standard InChI is InChI=1S/C7H5IN2/c8-10-4-2-6-1-3-9-5-7(6)10/h1-5H. The third kappa shape index (κ3) is 0.811. The fourth-order valence-electron chi connectivity index (χ4n) is 0.942. The molecule has 0 aliphatic carbocycles. The molecule has 0 aromatic carbocycles. The molecule has 2 nitrogen and oxygen atoms in total. The first-order valence-corrected chi connectivity index (χ1v) is 3.91. The van der Waals surface area contributed by atoms with Crippen LogP contribution in [0.3, 0.4) is 0 Å². The van der Waals surface area contributed by atoms with E-state index in [-0.39, 0.29) is 0 Å². The van der Waals surface area contributed by atoms with Gasteiger partial charge in [0.05, 0.1) is 34.6 Å². The quantitative estimate of drug-likeness (QED) is 0.650. The van der Waals surface area contributed by atoms with Gasteiger partial charge in [-0.05, 0) is 12.1 Å². The van der Waals surface area contributed by atoms with Crippen molar-refractivity contribution in [1.29, 1.82) is 0 Å². The van der Waals surface area contributed by atoms with Crippen LogP contribution in [0.5, 0.6) is 0 Å². The van der Waals surface area contributed by atoms with Gasteiger partial charge in [-0.25, -0.2) is 0 Å². The highest BCUT2D eigenvalue weighted by molar-refractivity contribution is 14.1. The summed E-state index contributed by atoms with van der Waals surface area (Å²) in [5, 5.41) is 1.24. The predicted molar refractivity (Wildman–Crippen MR) is 49.2 cm³/mol. The lowest BCUT2D eigenvalue weighted by molar-refractivity contribution is 1.33. The predicted octanol–water partition coefficient (Wildman–Crippen LogP) is 2.23. The van der Waals surface area contributed by atoms with Gasteiger partial charge in [-0.15, -0.1) is 0 Å². The topological polar surface area (TPSA) is 17.8 Å². The van der Waals surface area contributed by atoms with Crippen molar-refractivity contribution in [2.45, 2.75) is 0 Å². The van der Waals surface area contributed by atoms with Gasteiger partial charge in [-0.2, -0.15) is 0 Å². The zero-order valence-corrected chi connectivity index (χ0v) is 7.32. The smallest absolute Gasteiger partial charge is 0.0760 e. The molecule has 0 N–H and O–H groups in total. The molecule has 0 aliphatic heterocycles. The molecule has 0 atom stereocenters. The average molecular weight is 244 g/mol. The van der Waals surface area contributed by atoms with E-state index in [1.807, 2.05) is 21.2 Å². The summed E-state index contributed by atoms with van der Waals surface area (Å²) in [6.45, 7) is 0. The minimum absolute atomic E-state index is 1.17. The minimum Gasteiger partial charge on any atom is -0.288 e. The highest BCUT2D eigenvalue weighted by atomic mass is 127. The Morgan fingerprint density at radius 1 is 1.40 bits per heavy atom. The molecule has 50 valence electrons. The van der Waals surface area contributed by atoms with Gasteiger partial charge in [-0.3, -0.25) is 7.76 Å². The molecule has 0 fully saturated rings. The molecule has 0 saturated heterocycles. The Morgan fingerprint density at radius 2 is 2.30 bits per heavy atom. The van der Waals surface area contributed by atoms with Crippen LogP contribution in [-0.2, 0) is 0 Å². The number of rotatable bonds is 0. The van der Waals surface area contributed by atoms with Crippen molar-refractivity contribution in [1.82, 2.24) is 7.76 Å². The first kappa shape index (κ1) is 6.15. The molecule has 3 heteroatoms. The van der Waals surface area contributed by atoms with Gasteiger partial charge in [0.25, 0.3) is 0 Å². The van der Waals surface area contributed by atoms with Crippen molar-refractivity contribution in [3.8, 4) is 0 Å². The summed E-state index contributed by atoms with van der Waals surface area (Å²) in [5.74, 6) is 0. The number of nitrogens with zero attached hydrogens (tertiary/aromatic N) is 2. The van der Waals surface area contributed by atoms with Gasteiger partial charge < -0.3 is 0 Å². The van der Waals surface area contributed by atoms with Crippen LogP contribution >= 0.6 is 22.9 Å². The van der Waals surface area contributed by atoms with Crippen molar-refractivity contribution >= 4 is 33.8 Å². The van der Waals surface area contributed by atoms with E-state index >= 15 is 0 Å². The first-order valence-electron chi connectivity index (χ1n) is 2.95. The summed E-state index contributed by atoms with van der Waals surface area (Å²) in [6.07, 6.45) is 5.69. The summed E-state index contributed by atoms with van der Waals surface area (Å²) in [4.78, 5) is 4.02. The van der Waals surface area contributed by atoms with Crippen LogP contribution in [0.25, 0.3) is 10.9 Å². The van der Waals surface area contributed by atoms with Gasteiger partial charge in [-0.1, -0.05) is 0 Å². The Bertz CT molecular complexity index is 353. The highest BCUT2D eigenvalue weighted by Crippen LogP contribution is 2.15. The van der Waals surface area contributed by atoms with Gasteiger partial charge in [0.1, 0.15) is 0 Å². The van der Waals surface area contributed by atoms with E-state index in [9.17, 15) is 0 Å². The SMILES string of the molecule is In1ccc2ccncc21. The van der Waals surface area contributed by atoms with Crippen LogP contribution in [0.2, 0.25) is 0 Å². The maximum Gasteiger partial charge on any atom is 0.0760 e. The summed E-state index contributed by atoms with van der Waals surface area (Å²) < 4.78 is 2.03. The summed E-state index contributed by atoms with van der Waals surface area (Å²) in [5.41, 5.74) is 1.17. The van der Waals surface area contributed by atoms with Crippen molar-refractivity contribution in [3.63, 3.8) is 0 Å². The van der Waals surface area contributed by atoms with Crippen LogP contribution < -0.4 is 0 Å². The molecule has 0 saturated carbocycles. The Morgan fingerprint density at radius 3 is 3.10 bits per heavy atom. The van der Waals surface area contributed by atoms with Gasteiger partial charge in [0.15, 0.2) is 0 Å². The summed E-state index contributed by atoms with van der Waals surface area (Å²) in [6, 6.07) is 4.08. The molecule has 2 aromatic heterocycles. The molecule has 0 spiro atoms. The number of pyridine rings is 1. The van der Waals surface area contributed by atoms with Crippen LogP contribution in [0, 0.1) is 0 Å². The number of hydrogen-bond acceptors (Lipinski definition) is 1. The molecule has 0 aliphatic rings. The molecule has 10 heavy (non-hydrogen) atoms. The Kier molecular flexibility index (Phi) is 1.37. The maximum atomic E-state index is 4.02. The van der Waals surface area contributed by atoms with Crippen molar-refractivity contribution in [2.24, 2.45) is 0 Å². The van der Waals surface area contributed by atoms with E-state index in [1.165, 1.54) is 10.9 Å². The third-order valence-corrected chi connectivity index (χ3v) is 2.29. The molecule has 0 bridgehead atoms. The number of halogens is 1.